The molecular formula is C14H7Cl4N. The highest BCUT2D eigenvalue weighted by Gasteiger charge is 2.17. The van der Waals surface area contributed by atoms with Crippen molar-refractivity contribution in [1.82, 2.24) is 0 Å². The summed E-state index contributed by atoms with van der Waals surface area (Å²) in [5, 5.41) is 10.5. The van der Waals surface area contributed by atoms with Gasteiger partial charge in [-0.25, -0.2) is 0 Å². The van der Waals surface area contributed by atoms with E-state index in [0.717, 1.165) is 5.56 Å². The molecule has 0 aliphatic heterocycles. The van der Waals surface area contributed by atoms with Crippen LogP contribution in [-0.4, -0.2) is 0 Å². The Labute approximate surface area is 131 Å². The summed E-state index contributed by atoms with van der Waals surface area (Å²) >= 11 is 24.7. The van der Waals surface area contributed by atoms with Gasteiger partial charge in [0.05, 0.1) is 27.6 Å². The summed E-state index contributed by atoms with van der Waals surface area (Å²) in [6.45, 7) is 0. The molecule has 96 valence electrons. The SMILES string of the molecule is N#CCc1cccc(Cl)c1-c1c(Cl)ccc(Cl)c1Cl. The highest BCUT2D eigenvalue weighted by molar-refractivity contribution is 6.47. The van der Waals surface area contributed by atoms with Gasteiger partial charge in [0.15, 0.2) is 0 Å². The van der Waals surface area contributed by atoms with Crippen LogP contribution >= 0.6 is 46.4 Å². The molecule has 0 aliphatic carbocycles. The third kappa shape index (κ3) is 2.83. The molecule has 0 unspecified atom stereocenters. The number of hydrogen-bond acceptors (Lipinski definition) is 1. The van der Waals surface area contributed by atoms with Crippen LogP contribution in [-0.2, 0) is 6.42 Å². The lowest BCUT2D eigenvalue weighted by molar-refractivity contribution is 1.26. The molecule has 0 radical (unpaired) electrons. The Kier molecular flexibility index (Phi) is 4.60. The van der Waals surface area contributed by atoms with Gasteiger partial charge in [-0.3, -0.25) is 0 Å². The normalized spacial score (nSPS) is 10.3. The lowest BCUT2D eigenvalue weighted by Crippen LogP contribution is -1.92. The third-order valence-electron chi connectivity index (χ3n) is 2.66. The van der Waals surface area contributed by atoms with E-state index in [4.69, 9.17) is 51.7 Å². The van der Waals surface area contributed by atoms with Crippen LogP contribution in [0, 0.1) is 11.3 Å². The fourth-order valence-corrected chi connectivity index (χ4v) is 2.84. The molecule has 0 heterocycles. The molecule has 1 nitrogen and oxygen atoms in total. The minimum Gasteiger partial charge on any atom is -0.198 e. The van der Waals surface area contributed by atoms with Gasteiger partial charge in [-0.1, -0.05) is 58.5 Å². The Morgan fingerprint density at radius 2 is 1.47 bits per heavy atom. The van der Waals surface area contributed by atoms with E-state index >= 15 is 0 Å². The molecule has 0 aromatic heterocycles. The van der Waals surface area contributed by atoms with Crippen molar-refractivity contribution >= 4 is 46.4 Å². The van der Waals surface area contributed by atoms with Crippen molar-refractivity contribution in [2.45, 2.75) is 6.42 Å². The van der Waals surface area contributed by atoms with Gasteiger partial charge < -0.3 is 0 Å². The summed E-state index contributed by atoms with van der Waals surface area (Å²) in [6.07, 6.45) is 0.217. The predicted molar refractivity (Wildman–Crippen MR) is 81.2 cm³/mol. The van der Waals surface area contributed by atoms with Crippen LogP contribution < -0.4 is 0 Å². The Morgan fingerprint density at radius 1 is 0.842 bits per heavy atom. The van der Waals surface area contributed by atoms with Gasteiger partial charge in [-0.15, -0.1) is 0 Å². The lowest BCUT2D eigenvalue weighted by atomic mass is 9.97. The van der Waals surface area contributed by atoms with Crippen molar-refractivity contribution in [3.63, 3.8) is 0 Å². The molecule has 0 spiro atoms. The minimum absolute atomic E-state index is 0.217. The topological polar surface area (TPSA) is 23.8 Å². The first-order valence-electron chi connectivity index (χ1n) is 5.34. The number of halogens is 4. The molecule has 2 rings (SSSR count). The van der Waals surface area contributed by atoms with E-state index in [1.54, 1.807) is 24.3 Å². The maximum atomic E-state index is 8.89. The highest BCUT2D eigenvalue weighted by Crippen LogP contribution is 2.43. The largest absolute Gasteiger partial charge is 0.198 e. The minimum atomic E-state index is 0.217. The number of benzene rings is 2. The maximum absolute atomic E-state index is 8.89. The second-order valence-corrected chi connectivity index (χ2v) is 5.43. The zero-order chi connectivity index (χ0) is 14.0. The lowest BCUT2D eigenvalue weighted by Gasteiger charge is -2.14. The fraction of sp³-hybridized carbons (Fsp3) is 0.0714. The maximum Gasteiger partial charge on any atom is 0.0686 e. The molecule has 0 aliphatic rings. The second-order valence-electron chi connectivity index (χ2n) is 3.83. The van der Waals surface area contributed by atoms with E-state index in [9.17, 15) is 0 Å². The molecule has 0 fully saturated rings. The van der Waals surface area contributed by atoms with Gasteiger partial charge in [0.25, 0.3) is 0 Å². The molecular weight excluding hydrogens is 324 g/mol. The molecule has 0 bridgehead atoms. The van der Waals surface area contributed by atoms with Crippen molar-refractivity contribution in [2.24, 2.45) is 0 Å². The Morgan fingerprint density at radius 3 is 2.16 bits per heavy atom. The zero-order valence-electron chi connectivity index (χ0n) is 9.55. The smallest absolute Gasteiger partial charge is 0.0686 e. The highest BCUT2D eigenvalue weighted by atomic mass is 35.5. The van der Waals surface area contributed by atoms with E-state index in [1.165, 1.54) is 0 Å². The Balaban J connectivity index is 2.79. The number of rotatable bonds is 2. The van der Waals surface area contributed by atoms with Gasteiger partial charge in [-0.05, 0) is 23.8 Å². The summed E-state index contributed by atoms with van der Waals surface area (Å²) in [5.41, 5.74) is 1.98. The summed E-state index contributed by atoms with van der Waals surface area (Å²) in [5.74, 6) is 0. The van der Waals surface area contributed by atoms with Crippen LogP contribution in [0.3, 0.4) is 0 Å². The van der Waals surface area contributed by atoms with Crippen LogP contribution in [0.25, 0.3) is 11.1 Å². The monoisotopic (exact) mass is 329 g/mol. The van der Waals surface area contributed by atoms with Gasteiger partial charge in [0.1, 0.15) is 0 Å². The quantitative estimate of drug-likeness (QED) is 0.616. The average molecular weight is 331 g/mol. The van der Waals surface area contributed by atoms with Crippen LogP contribution in [0.15, 0.2) is 30.3 Å². The van der Waals surface area contributed by atoms with Crippen LogP contribution in [0.5, 0.6) is 0 Å². The summed E-state index contributed by atoms with van der Waals surface area (Å²) in [7, 11) is 0. The standard InChI is InChI=1S/C14H7Cl4N/c15-9-3-1-2-8(6-7-19)12(9)13-10(16)4-5-11(17)14(13)18/h1-5H,6H2. The van der Waals surface area contributed by atoms with Gasteiger partial charge in [0.2, 0.25) is 0 Å². The predicted octanol–water partition coefficient (Wildman–Crippen LogP) is 6.03. The Hall–Kier alpha value is -0.910. The van der Waals surface area contributed by atoms with Crippen molar-refractivity contribution < 1.29 is 0 Å². The zero-order valence-corrected chi connectivity index (χ0v) is 12.6. The molecule has 0 N–H and O–H groups in total. The Bertz CT molecular complexity index is 674. The van der Waals surface area contributed by atoms with E-state index in [0.29, 0.717) is 31.2 Å². The molecule has 5 heteroatoms. The average Bonchev–Trinajstić information content (AvgIpc) is 2.38. The summed E-state index contributed by atoms with van der Waals surface area (Å²) < 4.78 is 0. The first kappa shape index (κ1) is 14.5. The van der Waals surface area contributed by atoms with Crippen molar-refractivity contribution in [2.75, 3.05) is 0 Å². The molecule has 2 aromatic rings. The number of hydrogen-bond donors (Lipinski definition) is 0. The first-order chi connectivity index (χ1) is 9.06. The van der Waals surface area contributed by atoms with Gasteiger partial charge in [0, 0.05) is 16.1 Å². The van der Waals surface area contributed by atoms with Crippen molar-refractivity contribution in [1.29, 1.82) is 5.26 Å². The second kappa shape index (κ2) is 6.03. The van der Waals surface area contributed by atoms with Crippen molar-refractivity contribution in [3.05, 3.63) is 56.0 Å². The third-order valence-corrected chi connectivity index (χ3v) is 4.10. The number of nitrogens with zero attached hydrogens (tertiary/aromatic N) is 1. The molecule has 0 amide bonds. The van der Waals surface area contributed by atoms with Crippen LogP contribution in [0.2, 0.25) is 20.1 Å². The first-order valence-corrected chi connectivity index (χ1v) is 6.85. The van der Waals surface area contributed by atoms with Crippen LogP contribution in [0.4, 0.5) is 0 Å². The van der Waals surface area contributed by atoms with Gasteiger partial charge in [-0.2, -0.15) is 5.26 Å². The van der Waals surface area contributed by atoms with E-state index in [1.807, 2.05) is 6.07 Å². The van der Waals surface area contributed by atoms with E-state index < -0.39 is 0 Å². The summed E-state index contributed by atoms with van der Waals surface area (Å²) in [4.78, 5) is 0. The summed E-state index contributed by atoms with van der Waals surface area (Å²) in [6, 6.07) is 10.7. The van der Waals surface area contributed by atoms with Crippen molar-refractivity contribution in [3.8, 4) is 17.2 Å². The van der Waals surface area contributed by atoms with Crippen LogP contribution in [0.1, 0.15) is 5.56 Å². The molecule has 19 heavy (non-hydrogen) atoms. The molecule has 0 saturated heterocycles. The number of nitriles is 1. The molecule has 0 saturated carbocycles. The van der Waals surface area contributed by atoms with E-state index in [2.05, 4.69) is 6.07 Å². The van der Waals surface area contributed by atoms with E-state index in [-0.39, 0.29) is 6.42 Å². The molecule has 0 atom stereocenters. The molecule has 2 aromatic carbocycles. The van der Waals surface area contributed by atoms with Gasteiger partial charge >= 0.3 is 0 Å². The fourth-order valence-electron chi connectivity index (χ4n) is 1.84.